The van der Waals surface area contributed by atoms with Gasteiger partial charge in [-0.1, -0.05) is 6.07 Å². The van der Waals surface area contributed by atoms with Crippen molar-refractivity contribution in [1.82, 2.24) is 29.5 Å². The molecular formula is C26H22N8O. The third-order valence-electron chi connectivity index (χ3n) is 5.61. The molecule has 35 heavy (non-hydrogen) atoms. The van der Waals surface area contributed by atoms with Crippen LogP contribution in [0.2, 0.25) is 0 Å². The summed E-state index contributed by atoms with van der Waals surface area (Å²) in [5, 5.41) is 14.2. The fraction of sp³-hybridized carbons (Fsp3) is 0.154. The molecule has 0 saturated heterocycles. The fourth-order valence-corrected chi connectivity index (χ4v) is 4.01. The summed E-state index contributed by atoms with van der Waals surface area (Å²) in [6, 6.07) is 15.4. The molecule has 4 aromatic heterocycles. The van der Waals surface area contributed by atoms with Crippen LogP contribution < -0.4 is 10.5 Å². The Balaban J connectivity index is 1.69. The number of aryl methyl sites for hydroxylation is 3. The molecule has 0 aliphatic rings. The number of ether oxygens (including phenoxy) is 1. The van der Waals surface area contributed by atoms with E-state index in [9.17, 15) is 5.26 Å². The largest absolute Gasteiger partial charge is 0.456 e. The van der Waals surface area contributed by atoms with Crippen molar-refractivity contribution in [3.63, 3.8) is 0 Å². The Morgan fingerprint density at radius 1 is 1.03 bits per heavy atom. The zero-order valence-electron chi connectivity index (χ0n) is 19.5. The van der Waals surface area contributed by atoms with E-state index in [1.165, 1.54) is 0 Å². The summed E-state index contributed by atoms with van der Waals surface area (Å²) < 4.78 is 7.47. The van der Waals surface area contributed by atoms with Gasteiger partial charge in [-0.3, -0.25) is 9.97 Å². The number of aromatic nitrogens is 6. The van der Waals surface area contributed by atoms with Crippen molar-refractivity contribution in [3.8, 4) is 34.5 Å². The molecule has 4 heterocycles. The van der Waals surface area contributed by atoms with Gasteiger partial charge in [-0.15, -0.1) is 5.10 Å². The van der Waals surface area contributed by atoms with Crippen LogP contribution in [0.5, 0.6) is 6.01 Å². The molecule has 0 bridgehead atoms. The second-order valence-corrected chi connectivity index (χ2v) is 8.24. The predicted octanol–water partition coefficient (Wildman–Crippen LogP) is 4.21. The predicted molar refractivity (Wildman–Crippen MR) is 131 cm³/mol. The number of benzene rings is 1. The van der Waals surface area contributed by atoms with Crippen LogP contribution in [0, 0.1) is 32.1 Å². The first kappa shape index (κ1) is 22.0. The van der Waals surface area contributed by atoms with Gasteiger partial charge in [0, 0.05) is 28.8 Å². The van der Waals surface area contributed by atoms with E-state index < -0.39 is 0 Å². The van der Waals surface area contributed by atoms with Crippen molar-refractivity contribution in [3.05, 3.63) is 83.2 Å². The van der Waals surface area contributed by atoms with Crippen molar-refractivity contribution in [2.45, 2.75) is 27.4 Å². The number of nitriles is 1. The molecule has 1 aromatic carbocycles. The summed E-state index contributed by atoms with van der Waals surface area (Å²) in [5.41, 5.74) is 13.8. The lowest BCUT2D eigenvalue weighted by Crippen LogP contribution is -2.01. The molecule has 5 rings (SSSR count). The van der Waals surface area contributed by atoms with Crippen molar-refractivity contribution in [2.75, 3.05) is 5.73 Å². The monoisotopic (exact) mass is 462 g/mol. The molecule has 0 aliphatic carbocycles. The van der Waals surface area contributed by atoms with Crippen LogP contribution >= 0.6 is 0 Å². The molecule has 0 spiro atoms. The third kappa shape index (κ3) is 4.25. The summed E-state index contributed by atoms with van der Waals surface area (Å²) in [6.45, 7) is 6.08. The van der Waals surface area contributed by atoms with Gasteiger partial charge in [-0.05, 0) is 68.3 Å². The van der Waals surface area contributed by atoms with Crippen molar-refractivity contribution in [2.24, 2.45) is 0 Å². The zero-order chi connectivity index (χ0) is 24.5. The molecule has 0 atom stereocenters. The second-order valence-electron chi connectivity index (χ2n) is 8.24. The number of nitrogens with two attached hydrogens (primary N) is 1. The molecule has 5 aromatic rings. The van der Waals surface area contributed by atoms with Crippen molar-refractivity contribution < 1.29 is 4.74 Å². The van der Waals surface area contributed by atoms with E-state index in [1.54, 1.807) is 35.2 Å². The lowest BCUT2D eigenvalue weighted by Gasteiger charge is -2.12. The number of nitrogen functional groups attached to an aromatic ring is 1. The van der Waals surface area contributed by atoms with Crippen LogP contribution in [-0.4, -0.2) is 29.5 Å². The van der Waals surface area contributed by atoms with Gasteiger partial charge in [-0.25, -0.2) is 4.98 Å². The Morgan fingerprint density at radius 2 is 1.83 bits per heavy atom. The fourth-order valence-electron chi connectivity index (χ4n) is 4.01. The normalized spacial score (nSPS) is 10.9. The summed E-state index contributed by atoms with van der Waals surface area (Å²) in [5.74, 6) is 0. The zero-order valence-corrected chi connectivity index (χ0v) is 19.5. The molecule has 0 amide bonds. The molecule has 0 radical (unpaired) electrons. The Kier molecular flexibility index (Phi) is 5.55. The number of anilines is 1. The first-order chi connectivity index (χ1) is 16.9. The van der Waals surface area contributed by atoms with E-state index in [0.717, 1.165) is 33.8 Å². The second kappa shape index (κ2) is 8.83. The number of hydrogen-bond donors (Lipinski definition) is 1. The highest BCUT2D eigenvalue weighted by Crippen LogP contribution is 2.36. The molecule has 9 heteroatoms. The van der Waals surface area contributed by atoms with Gasteiger partial charge in [0.05, 0.1) is 28.6 Å². The molecule has 2 N–H and O–H groups in total. The average Bonchev–Trinajstić information content (AvgIpc) is 3.25. The van der Waals surface area contributed by atoms with Gasteiger partial charge in [0.1, 0.15) is 12.9 Å². The molecule has 172 valence electrons. The molecule has 0 unspecified atom stereocenters. The highest BCUT2D eigenvalue weighted by Gasteiger charge is 2.21. The van der Waals surface area contributed by atoms with Gasteiger partial charge in [0.25, 0.3) is 0 Å². The Morgan fingerprint density at radius 3 is 2.57 bits per heavy atom. The van der Waals surface area contributed by atoms with Crippen molar-refractivity contribution >= 4 is 11.3 Å². The minimum Gasteiger partial charge on any atom is -0.456 e. The summed E-state index contributed by atoms with van der Waals surface area (Å²) in [6.07, 6.45) is 3.29. The molecule has 0 saturated carbocycles. The standard InChI is InChI=1S/C26H22N8O/c1-15-5-4-8-29-22(15)13-35-26-32-25-23(18-9-16(2)31-17(3)10-18)24(30-14-34(25)33-26)21-7-6-20(28)11-19(21)12-27/h4-11,14H,13,28H2,1-3H3. The minimum absolute atomic E-state index is 0.204. The minimum atomic E-state index is 0.204. The highest BCUT2D eigenvalue weighted by atomic mass is 16.5. The van der Waals surface area contributed by atoms with Crippen LogP contribution in [-0.2, 0) is 6.61 Å². The van der Waals surface area contributed by atoms with E-state index in [0.29, 0.717) is 28.2 Å². The van der Waals surface area contributed by atoms with Gasteiger partial charge >= 0.3 is 6.01 Å². The molecule has 0 aliphatic heterocycles. The number of fused-ring (bicyclic) bond motifs is 1. The third-order valence-corrected chi connectivity index (χ3v) is 5.61. The lowest BCUT2D eigenvalue weighted by molar-refractivity contribution is 0.276. The number of pyridine rings is 2. The van der Waals surface area contributed by atoms with Crippen LogP contribution in [0.4, 0.5) is 5.69 Å². The van der Waals surface area contributed by atoms with Gasteiger partial charge < -0.3 is 10.5 Å². The number of nitrogens with zero attached hydrogens (tertiary/aromatic N) is 7. The van der Waals surface area contributed by atoms with Gasteiger partial charge in [0.2, 0.25) is 0 Å². The van der Waals surface area contributed by atoms with E-state index in [-0.39, 0.29) is 12.6 Å². The topological polar surface area (TPSA) is 128 Å². The van der Waals surface area contributed by atoms with Crippen LogP contribution in [0.15, 0.2) is 55.0 Å². The number of rotatable bonds is 5. The van der Waals surface area contributed by atoms with Crippen LogP contribution in [0.1, 0.15) is 28.2 Å². The maximum absolute atomic E-state index is 9.77. The van der Waals surface area contributed by atoms with Crippen LogP contribution in [0.3, 0.4) is 0 Å². The quantitative estimate of drug-likeness (QED) is 0.385. The first-order valence-electron chi connectivity index (χ1n) is 11.0. The summed E-state index contributed by atoms with van der Waals surface area (Å²) in [7, 11) is 0. The highest BCUT2D eigenvalue weighted by molar-refractivity contribution is 5.91. The van der Waals surface area contributed by atoms with Crippen LogP contribution in [0.25, 0.3) is 28.0 Å². The van der Waals surface area contributed by atoms with E-state index in [1.807, 2.05) is 45.0 Å². The Labute approximate surface area is 201 Å². The van der Waals surface area contributed by atoms with Crippen molar-refractivity contribution in [1.29, 1.82) is 5.26 Å². The van der Waals surface area contributed by atoms with E-state index in [2.05, 4.69) is 31.1 Å². The lowest BCUT2D eigenvalue weighted by atomic mass is 9.96. The first-order valence-corrected chi connectivity index (χ1v) is 11.0. The Hall–Kier alpha value is -4.84. The van der Waals surface area contributed by atoms with Gasteiger partial charge in [-0.2, -0.15) is 14.8 Å². The summed E-state index contributed by atoms with van der Waals surface area (Å²) >= 11 is 0. The molecule has 0 fully saturated rings. The summed E-state index contributed by atoms with van der Waals surface area (Å²) in [4.78, 5) is 18.2. The molecular weight excluding hydrogens is 440 g/mol. The Bertz CT molecular complexity index is 1600. The van der Waals surface area contributed by atoms with Gasteiger partial charge in [0.15, 0.2) is 5.65 Å². The average molecular weight is 463 g/mol. The smallest absolute Gasteiger partial charge is 0.336 e. The van der Waals surface area contributed by atoms with E-state index >= 15 is 0 Å². The number of hydrogen-bond acceptors (Lipinski definition) is 8. The maximum Gasteiger partial charge on any atom is 0.336 e. The van der Waals surface area contributed by atoms with E-state index in [4.69, 9.17) is 10.5 Å². The molecule has 9 nitrogen and oxygen atoms in total. The SMILES string of the molecule is Cc1cc(-c2c(-c3ccc(N)cc3C#N)ncn3nc(OCc4ncccc4C)nc23)cc(C)n1. The maximum atomic E-state index is 9.77.